The third-order valence-electron chi connectivity index (χ3n) is 3.27. The van der Waals surface area contributed by atoms with Gasteiger partial charge in [0.1, 0.15) is 5.82 Å². The summed E-state index contributed by atoms with van der Waals surface area (Å²) in [6.07, 6.45) is 4.71. The summed E-state index contributed by atoms with van der Waals surface area (Å²) in [5.41, 5.74) is 2.58. The number of nitrogens with one attached hydrogen (secondary N) is 1. The molecule has 0 aliphatic heterocycles. The van der Waals surface area contributed by atoms with Gasteiger partial charge in [-0.3, -0.25) is 0 Å². The smallest absolute Gasteiger partial charge is 0.171 e. The topological polar surface area (TPSA) is 37.8 Å². The highest BCUT2D eigenvalue weighted by Crippen LogP contribution is 2.29. The Balaban J connectivity index is 2.09. The summed E-state index contributed by atoms with van der Waals surface area (Å²) in [5, 5.41) is 5.47. The molecule has 2 aromatic rings. The van der Waals surface area contributed by atoms with E-state index in [0.29, 0.717) is 0 Å². The molecule has 1 aliphatic carbocycles. The molecule has 1 aliphatic rings. The first kappa shape index (κ1) is 11.7. The molecule has 0 spiro atoms. The molecule has 0 fully saturated rings. The van der Waals surface area contributed by atoms with Gasteiger partial charge in [0, 0.05) is 17.8 Å². The van der Waals surface area contributed by atoms with Gasteiger partial charge in [-0.1, -0.05) is 6.07 Å². The highest BCUT2D eigenvalue weighted by atomic mass is 32.1. The van der Waals surface area contributed by atoms with Crippen molar-refractivity contribution in [2.24, 2.45) is 0 Å². The molecule has 0 unspecified atom stereocenters. The Labute approximate surface area is 111 Å². The average molecular weight is 259 g/mol. The van der Waals surface area contributed by atoms with Gasteiger partial charge in [-0.15, -0.1) is 11.3 Å². The Kier molecular flexibility index (Phi) is 3.28. The SMILES string of the molecule is CCNc1nc(-c2cccs2)nc2c1CCCC2. The van der Waals surface area contributed by atoms with E-state index in [4.69, 9.17) is 9.97 Å². The second-order valence-electron chi connectivity index (χ2n) is 4.54. The van der Waals surface area contributed by atoms with Gasteiger partial charge in [0.2, 0.25) is 0 Å². The number of thiophene rings is 1. The zero-order valence-corrected chi connectivity index (χ0v) is 11.4. The lowest BCUT2D eigenvalue weighted by Gasteiger charge is -2.19. The van der Waals surface area contributed by atoms with Crippen molar-refractivity contribution in [1.82, 2.24) is 9.97 Å². The molecule has 0 saturated heterocycles. The van der Waals surface area contributed by atoms with E-state index < -0.39 is 0 Å². The van der Waals surface area contributed by atoms with Gasteiger partial charge in [0.25, 0.3) is 0 Å². The second kappa shape index (κ2) is 5.06. The first-order chi connectivity index (χ1) is 8.88. The summed E-state index contributed by atoms with van der Waals surface area (Å²) in [6, 6.07) is 4.14. The van der Waals surface area contributed by atoms with E-state index in [0.717, 1.165) is 35.9 Å². The van der Waals surface area contributed by atoms with E-state index in [1.165, 1.54) is 24.1 Å². The van der Waals surface area contributed by atoms with Gasteiger partial charge in [0.15, 0.2) is 5.82 Å². The van der Waals surface area contributed by atoms with Crippen molar-refractivity contribution in [2.45, 2.75) is 32.6 Å². The van der Waals surface area contributed by atoms with E-state index in [9.17, 15) is 0 Å². The molecule has 0 radical (unpaired) electrons. The van der Waals surface area contributed by atoms with Gasteiger partial charge >= 0.3 is 0 Å². The number of aryl methyl sites for hydroxylation is 1. The number of rotatable bonds is 3. The number of hydrogen-bond acceptors (Lipinski definition) is 4. The average Bonchev–Trinajstić information content (AvgIpc) is 2.93. The van der Waals surface area contributed by atoms with E-state index in [1.807, 2.05) is 0 Å². The molecule has 18 heavy (non-hydrogen) atoms. The molecule has 3 nitrogen and oxygen atoms in total. The van der Waals surface area contributed by atoms with Crippen LogP contribution >= 0.6 is 11.3 Å². The molecule has 4 heteroatoms. The Morgan fingerprint density at radius 1 is 1.28 bits per heavy atom. The second-order valence-corrected chi connectivity index (χ2v) is 5.48. The summed E-state index contributed by atoms with van der Waals surface area (Å²) < 4.78 is 0. The minimum Gasteiger partial charge on any atom is -0.370 e. The fourth-order valence-corrected chi connectivity index (χ4v) is 3.08. The predicted molar refractivity (Wildman–Crippen MR) is 76.2 cm³/mol. The number of anilines is 1. The molecule has 0 aromatic carbocycles. The van der Waals surface area contributed by atoms with E-state index in [1.54, 1.807) is 11.3 Å². The molecule has 3 rings (SSSR count). The van der Waals surface area contributed by atoms with Crippen LogP contribution in [0.15, 0.2) is 17.5 Å². The van der Waals surface area contributed by atoms with Crippen LogP contribution in [0.5, 0.6) is 0 Å². The van der Waals surface area contributed by atoms with Crippen LogP contribution < -0.4 is 5.32 Å². The lowest BCUT2D eigenvalue weighted by Crippen LogP contribution is -2.13. The van der Waals surface area contributed by atoms with E-state index in [-0.39, 0.29) is 0 Å². The van der Waals surface area contributed by atoms with Crippen LogP contribution in [0, 0.1) is 0 Å². The van der Waals surface area contributed by atoms with Crippen LogP contribution in [0.1, 0.15) is 31.0 Å². The molecule has 0 bridgehead atoms. The van der Waals surface area contributed by atoms with Crippen molar-refractivity contribution in [3.05, 3.63) is 28.8 Å². The predicted octanol–water partition coefficient (Wildman–Crippen LogP) is 3.52. The van der Waals surface area contributed by atoms with Crippen molar-refractivity contribution in [2.75, 3.05) is 11.9 Å². The van der Waals surface area contributed by atoms with Crippen molar-refractivity contribution in [3.8, 4) is 10.7 Å². The number of nitrogens with zero attached hydrogens (tertiary/aromatic N) is 2. The van der Waals surface area contributed by atoms with Crippen LogP contribution in [0.3, 0.4) is 0 Å². The third kappa shape index (κ3) is 2.12. The molecule has 94 valence electrons. The lowest BCUT2D eigenvalue weighted by molar-refractivity contribution is 0.665. The fraction of sp³-hybridized carbons (Fsp3) is 0.429. The molecule has 1 N–H and O–H groups in total. The maximum atomic E-state index is 4.76. The molecule has 0 saturated carbocycles. The van der Waals surface area contributed by atoms with E-state index in [2.05, 4.69) is 29.8 Å². The summed E-state index contributed by atoms with van der Waals surface area (Å²) >= 11 is 1.70. The highest BCUT2D eigenvalue weighted by molar-refractivity contribution is 7.13. The van der Waals surface area contributed by atoms with Crippen molar-refractivity contribution < 1.29 is 0 Å². The summed E-state index contributed by atoms with van der Waals surface area (Å²) in [5.74, 6) is 1.92. The number of aromatic nitrogens is 2. The zero-order valence-electron chi connectivity index (χ0n) is 10.6. The number of hydrogen-bond donors (Lipinski definition) is 1. The van der Waals surface area contributed by atoms with Crippen LogP contribution in [-0.2, 0) is 12.8 Å². The normalized spacial score (nSPS) is 14.3. The Hall–Kier alpha value is -1.42. The van der Waals surface area contributed by atoms with Crippen molar-refractivity contribution in [1.29, 1.82) is 0 Å². The van der Waals surface area contributed by atoms with Crippen LogP contribution in [0.2, 0.25) is 0 Å². The van der Waals surface area contributed by atoms with Gasteiger partial charge in [-0.2, -0.15) is 0 Å². The monoisotopic (exact) mass is 259 g/mol. The molecule has 0 atom stereocenters. The quantitative estimate of drug-likeness (QED) is 0.916. The fourth-order valence-electron chi connectivity index (χ4n) is 2.42. The van der Waals surface area contributed by atoms with Gasteiger partial charge in [-0.25, -0.2) is 9.97 Å². The minimum absolute atomic E-state index is 0.876. The van der Waals surface area contributed by atoms with E-state index >= 15 is 0 Å². The van der Waals surface area contributed by atoms with Crippen LogP contribution in [-0.4, -0.2) is 16.5 Å². The highest BCUT2D eigenvalue weighted by Gasteiger charge is 2.18. The van der Waals surface area contributed by atoms with Gasteiger partial charge in [-0.05, 0) is 44.1 Å². The largest absolute Gasteiger partial charge is 0.370 e. The summed E-state index contributed by atoms with van der Waals surface area (Å²) in [6.45, 7) is 3.02. The maximum Gasteiger partial charge on any atom is 0.171 e. The maximum absolute atomic E-state index is 4.76. The standard InChI is InChI=1S/C14H17N3S/c1-2-15-13-10-6-3-4-7-11(10)16-14(17-13)12-8-5-9-18-12/h5,8-9H,2-4,6-7H2,1H3,(H,15,16,17). The van der Waals surface area contributed by atoms with Crippen molar-refractivity contribution >= 4 is 17.2 Å². The summed E-state index contributed by atoms with van der Waals surface area (Å²) in [7, 11) is 0. The van der Waals surface area contributed by atoms with Crippen LogP contribution in [0.4, 0.5) is 5.82 Å². The third-order valence-corrected chi connectivity index (χ3v) is 4.13. The molecule has 2 heterocycles. The van der Waals surface area contributed by atoms with Crippen LogP contribution in [0.25, 0.3) is 10.7 Å². The van der Waals surface area contributed by atoms with Gasteiger partial charge in [0.05, 0.1) is 4.88 Å². The lowest BCUT2D eigenvalue weighted by atomic mass is 9.96. The van der Waals surface area contributed by atoms with Crippen molar-refractivity contribution in [3.63, 3.8) is 0 Å². The Morgan fingerprint density at radius 2 is 2.17 bits per heavy atom. The molecule has 0 amide bonds. The Morgan fingerprint density at radius 3 is 2.94 bits per heavy atom. The first-order valence-electron chi connectivity index (χ1n) is 6.56. The Bertz CT molecular complexity index is 534. The zero-order chi connectivity index (χ0) is 12.4. The number of fused-ring (bicyclic) bond motifs is 1. The molecular formula is C14H17N3S. The molecule has 2 aromatic heterocycles. The van der Waals surface area contributed by atoms with Gasteiger partial charge < -0.3 is 5.32 Å². The minimum atomic E-state index is 0.876. The first-order valence-corrected chi connectivity index (χ1v) is 7.44. The molecular weight excluding hydrogens is 242 g/mol. The summed E-state index contributed by atoms with van der Waals surface area (Å²) in [4.78, 5) is 10.6.